The van der Waals surface area contributed by atoms with Crippen LogP contribution < -0.4 is 0 Å². The number of nitrogens with zero attached hydrogens (tertiary/aromatic N) is 6. The summed E-state index contributed by atoms with van der Waals surface area (Å²) < 4.78 is 2.78. The summed E-state index contributed by atoms with van der Waals surface area (Å²) in [6.45, 7) is 0.706. The molecule has 0 spiro atoms. The largest absolute Gasteiger partial charge is 0.434 e. The molecule has 2 heterocycles. The van der Waals surface area contributed by atoms with Crippen molar-refractivity contribution in [3.63, 3.8) is 0 Å². The molecule has 0 aliphatic rings. The predicted molar refractivity (Wildman–Crippen MR) is 62.4 cm³/mol. The molecule has 10 nitrogen and oxygen atoms in total. The second kappa shape index (κ2) is 5.25. The third kappa shape index (κ3) is 2.73. The number of nitro groups is 2. The van der Waals surface area contributed by atoms with E-state index < -0.39 is 9.85 Å². The molecule has 100 valence electrons. The van der Waals surface area contributed by atoms with Gasteiger partial charge in [0.2, 0.25) is 0 Å². The maximum atomic E-state index is 10.6. The highest BCUT2D eigenvalue weighted by Gasteiger charge is 2.16. The molecule has 0 atom stereocenters. The van der Waals surface area contributed by atoms with Crippen LogP contribution in [0.15, 0.2) is 24.8 Å². The Bertz CT molecular complexity index is 551. The van der Waals surface area contributed by atoms with Crippen LogP contribution in [0.1, 0.15) is 6.42 Å². The molecule has 0 N–H and O–H groups in total. The molecule has 0 aliphatic carbocycles. The third-order valence-electron chi connectivity index (χ3n) is 2.51. The van der Waals surface area contributed by atoms with Crippen LogP contribution in [0.5, 0.6) is 0 Å². The molecule has 0 fully saturated rings. The van der Waals surface area contributed by atoms with Crippen LogP contribution in [0.4, 0.5) is 11.9 Å². The van der Waals surface area contributed by atoms with Gasteiger partial charge in [-0.25, -0.2) is 9.13 Å². The van der Waals surface area contributed by atoms with E-state index in [1.165, 1.54) is 33.9 Å². The smallest absolute Gasteiger partial charge is 0.390 e. The lowest BCUT2D eigenvalue weighted by molar-refractivity contribution is -0.397. The second-order valence-electron chi connectivity index (χ2n) is 3.71. The minimum Gasteiger partial charge on any atom is -0.390 e. The van der Waals surface area contributed by atoms with Crippen molar-refractivity contribution in [1.29, 1.82) is 0 Å². The fraction of sp³-hybridized carbons (Fsp3) is 0.333. The lowest BCUT2D eigenvalue weighted by atomic mass is 10.4. The molecule has 0 radical (unpaired) electrons. The lowest BCUT2D eigenvalue weighted by Gasteiger charge is -2.02. The van der Waals surface area contributed by atoms with Crippen LogP contribution >= 0.6 is 0 Å². The normalized spacial score (nSPS) is 10.5. The predicted octanol–water partition coefficient (Wildman–Crippen LogP) is 0.986. The van der Waals surface area contributed by atoms with Crippen LogP contribution in [-0.4, -0.2) is 28.9 Å². The first-order valence-corrected chi connectivity index (χ1v) is 5.40. The monoisotopic (exact) mass is 266 g/mol. The maximum absolute atomic E-state index is 10.6. The van der Waals surface area contributed by atoms with Crippen molar-refractivity contribution in [1.82, 2.24) is 19.1 Å². The highest BCUT2D eigenvalue weighted by molar-refractivity contribution is 5.07. The molecular weight excluding hydrogens is 256 g/mol. The molecule has 0 aromatic carbocycles. The summed E-state index contributed by atoms with van der Waals surface area (Å²) in [7, 11) is 0. The fourth-order valence-corrected chi connectivity index (χ4v) is 1.71. The van der Waals surface area contributed by atoms with E-state index in [2.05, 4.69) is 9.97 Å². The standard InChI is InChI=1S/C9H10N6O4/c16-14(17)8-10-2-6-12(8)4-1-5-13-7-3-11-9(13)15(18)19/h2-3,6-7H,1,4-5H2. The van der Waals surface area contributed by atoms with Crippen molar-refractivity contribution in [3.8, 4) is 0 Å². The molecule has 10 heteroatoms. The van der Waals surface area contributed by atoms with Crippen LogP contribution in [-0.2, 0) is 13.1 Å². The number of hydrogen-bond donors (Lipinski definition) is 0. The fourth-order valence-electron chi connectivity index (χ4n) is 1.71. The number of aromatic nitrogens is 4. The van der Waals surface area contributed by atoms with Crippen LogP contribution in [0.2, 0.25) is 0 Å². The van der Waals surface area contributed by atoms with Gasteiger partial charge in [0, 0.05) is 6.42 Å². The van der Waals surface area contributed by atoms with Crippen molar-refractivity contribution < 1.29 is 9.85 Å². The summed E-state index contributed by atoms with van der Waals surface area (Å²) in [5.41, 5.74) is 0. The molecule has 0 unspecified atom stereocenters. The van der Waals surface area contributed by atoms with Gasteiger partial charge in [0.15, 0.2) is 0 Å². The summed E-state index contributed by atoms with van der Waals surface area (Å²) in [5, 5.41) is 21.3. The van der Waals surface area contributed by atoms with Gasteiger partial charge in [-0.2, -0.15) is 0 Å². The summed E-state index contributed by atoms with van der Waals surface area (Å²) in [4.78, 5) is 27.4. The molecule has 0 saturated carbocycles. The molecule has 0 amide bonds. The van der Waals surface area contributed by atoms with Crippen molar-refractivity contribution in [3.05, 3.63) is 45.0 Å². The van der Waals surface area contributed by atoms with Crippen LogP contribution in [0.3, 0.4) is 0 Å². The zero-order valence-electron chi connectivity index (χ0n) is 9.75. The summed E-state index contributed by atoms with van der Waals surface area (Å²) in [6, 6.07) is 0. The molecule has 0 bridgehead atoms. The molecule has 0 aliphatic heterocycles. The highest BCUT2D eigenvalue weighted by atomic mass is 16.6. The number of hydrogen-bond acceptors (Lipinski definition) is 6. The van der Waals surface area contributed by atoms with E-state index in [0.717, 1.165) is 0 Å². The minimum absolute atomic E-state index is 0.236. The molecule has 0 saturated heterocycles. The van der Waals surface area contributed by atoms with E-state index in [-0.39, 0.29) is 11.9 Å². The van der Waals surface area contributed by atoms with E-state index in [4.69, 9.17) is 0 Å². The van der Waals surface area contributed by atoms with Gasteiger partial charge in [0.05, 0.1) is 13.1 Å². The topological polar surface area (TPSA) is 122 Å². The van der Waals surface area contributed by atoms with E-state index in [1.807, 2.05) is 0 Å². The molecule has 19 heavy (non-hydrogen) atoms. The Labute approximate surface area is 106 Å². The summed E-state index contributed by atoms with van der Waals surface area (Å²) >= 11 is 0. The quantitative estimate of drug-likeness (QED) is 0.567. The number of rotatable bonds is 6. The first-order chi connectivity index (χ1) is 9.09. The van der Waals surface area contributed by atoms with Crippen LogP contribution in [0.25, 0.3) is 0 Å². The van der Waals surface area contributed by atoms with Crippen LogP contribution in [0, 0.1) is 20.2 Å². The molecular formula is C9H10N6O4. The van der Waals surface area contributed by atoms with E-state index in [9.17, 15) is 20.2 Å². The first kappa shape index (κ1) is 12.7. The van der Waals surface area contributed by atoms with Gasteiger partial charge in [-0.15, -0.1) is 0 Å². The zero-order chi connectivity index (χ0) is 13.8. The van der Waals surface area contributed by atoms with Crippen molar-refractivity contribution >= 4 is 11.9 Å². The van der Waals surface area contributed by atoms with Gasteiger partial charge in [0.1, 0.15) is 24.8 Å². The molecule has 2 rings (SSSR count). The Kier molecular flexibility index (Phi) is 3.50. The Morgan fingerprint density at radius 3 is 1.74 bits per heavy atom. The third-order valence-corrected chi connectivity index (χ3v) is 2.51. The second-order valence-corrected chi connectivity index (χ2v) is 3.71. The Morgan fingerprint density at radius 2 is 1.37 bits per heavy atom. The number of aryl methyl sites for hydroxylation is 2. The average Bonchev–Trinajstić information content (AvgIpc) is 2.96. The molecule has 2 aromatic heterocycles. The van der Waals surface area contributed by atoms with Gasteiger partial charge < -0.3 is 20.2 Å². The Balaban J connectivity index is 1.97. The van der Waals surface area contributed by atoms with Crippen molar-refractivity contribution in [2.45, 2.75) is 19.5 Å². The Morgan fingerprint density at radius 1 is 0.947 bits per heavy atom. The van der Waals surface area contributed by atoms with E-state index >= 15 is 0 Å². The highest BCUT2D eigenvalue weighted by Crippen LogP contribution is 2.11. The van der Waals surface area contributed by atoms with Gasteiger partial charge >= 0.3 is 11.9 Å². The average molecular weight is 266 g/mol. The Hall–Kier alpha value is -2.78. The summed E-state index contributed by atoms with van der Waals surface area (Å²) in [6.07, 6.45) is 6.19. The SMILES string of the molecule is O=[N+]([O-])c1nccn1CCCn1ccnc1[N+](=O)[O-]. The molecule has 2 aromatic rings. The van der Waals surface area contributed by atoms with Gasteiger partial charge in [-0.1, -0.05) is 9.97 Å². The van der Waals surface area contributed by atoms with Gasteiger partial charge in [0.25, 0.3) is 0 Å². The number of imidazole rings is 2. The van der Waals surface area contributed by atoms with E-state index in [1.54, 1.807) is 0 Å². The van der Waals surface area contributed by atoms with Crippen molar-refractivity contribution in [2.24, 2.45) is 0 Å². The van der Waals surface area contributed by atoms with Gasteiger partial charge in [-0.3, -0.25) is 0 Å². The van der Waals surface area contributed by atoms with E-state index in [0.29, 0.717) is 19.5 Å². The zero-order valence-corrected chi connectivity index (χ0v) is 9.75. The van der Waals surface area contributed by atoms with Gasteiger partial charge in [-0.05, 0) is 9.85 Å². The first-order valence-electron chi connectivity index (χ1n) is 5.40. The lowest BCUT2D eigenvalue weighted by Crippen LogP contribution is -2.08. The minimum atomic E-state index is -0.570. The summed E-state index contributed by atoms with van der Waals surface area (Å²) in [5.74, 6) is -0.472. The maximum Gasteiger partial charge on any atom is 0.434 e. The van der Waals surface area contributed by atoms with Crippen molar-refractivity contribution in [2.75, 3.05) is 0 Å².